The maximum atomic E-state index is 12.7. The number of fused-ring (bicyclic) bond motifs is 1. The smallest absolute Gasteiger partial charge is 0.407 e. The number of carbonyl (C=O) groups is 5. The van der Waals surface area contributed by atoms with Gasteiger partial charge in [0.15, 0.2) is 0 Å². The van der Waals surface area contributed by atoms with Gasteiger partial charge in [-0.2, -0.15) is 0 Å². The highest BCUT2D eigenvalue weighted by atomic mass is 16.6. The Balaban J connectivity index is 1.54. The third kappa shape index (κ3) is 7.12. The van der Waals surface area contributed by atoms with Gasteiger partial charge in [-0.15, -0.1) is 0 Å². The number of carbonyl (C=O) groups excluding carboxylic acids is 5. The number of rotatable bonds is 9. The van der Waals surface area contributed by atoms with E-state index < -0.39 is 40.9 Å². The largest absolute Gasteiger partial charge is 0.444 e. The zero-order chi connectivity index (χ0) is 28.0. The van der Waals surface area contributed by atoms with Gasteiger partial charge < -0.3 is 20.7 Å². The van der Waals surface area contributed by atoms with Gasteiger partial charge in [-0.25, -0.2) is 4.79 Å². The van der Waals surface area contributed by atoms with Crippen LogP contribution in [0.4, 0.5) is 16.2 Å². The van der Waals surface area contributed by atoms with Crippen molar-refractivity contribution in [2.24, 2.45) is 0 Å². The lowest BCUT2D eigenvalue weighted by atomic mass is 10.1. The number of non-ortho nitro benzene ring substituents is 1. The number of benzene rings is 2. The van der Waals surface area contributed by atoms with Gasteiger partial charge in [-0.1, -0.05) is 18.2 Å². The number of hydrogen-bond acceptors (Lipinski definition) is 8. The molecule has 5 amide bonds. The molecule has 1 heterocycles. The summed E-state index contributed by atoms with van der Waals surface area (Å²) in [6.07, 6.45) is -0.624. The number of imide groups is 1. The number of nitro benzene ring substituents is 1. The van der Waals surface area contributed by atoms with Gasteiger partial charge in [0, 0.05) is 37.3 Å². The van der Waals surface area contributed by atoms with Crippen LogP contribution in [-0.4, -0.2) is 58.2 Å². The molecule has 13 nitrogen and oxygen atoms in total. The van der Waals surface area contributed by atoms with Crippen LogP contribution >= 0.6 is 0 Å². The Morgan fingerprint density at radius 2 is 1.66 bits per heavy atom. The van der Waals surface area contributed by atoms with Crippen LogP contribution in [-0.2, 0) is 20.9 Å². The van der Waals surface area contributed by atoms with E-state index in [0.717, 1.165) is 12.1 Å². The minimum atomic E-state index is -0.801. The summed E-state index contributed by atoms with van der Waals surface area (Å²) in [5, 5.41) is 18.8. The Hall–Kier alpha value is -4.81. The summed E-state index contributed by atoms with van der Waals surface area (Å²) in [5.74, 6) is -2.54. The van der Waals surface area contributed by atoms with E-state index in [1.54, 1.807) is 45.0 Å². The van der Waals surface area contributed by atoms with Gasteiger partial charge in [0.05, 0.1) is 16.1 Å². The van der Waals surface area contributed by atoms with Crippen molar-refractivity contribution in [2.45, 2.75) is 39.3 Å². The predicted octanol–water partition coefficient (Wildman–Crippen LogP) is 2.36. The summed E-state index contributed by atoms with van der Waals surface area (Å²) in [4.78, 5) is 72.8. The van der Waals surface area contributed by atoms with E-state index in [1.165, 1.54) is 6.07 Å². The molecule has 2 aromatic rings. The normalized spacial score (nSPS) is 12.6. The first-order valence-electron chi connectivity index (χ1n) is 11.6. The number of nitrogens with zero attached hydrogens (tertiary/aromatic N) is 2. The van der Waals surface area contributed by atoms with Crippen molar-refractivity contribution in [2.75, 3.05) is 18.4 Å². The van der Waals surface area contributed by atoms with Crippen LogP contribution < -0.4 is 16.0 Å². The highest BCUT2D eigenvalue weighted by Gasteiger charge is 2.37. The molecule has 13 heteroatoms. The first kappa shape index (κ1) is 27.8. The van der Waals surface area contributed by atoms with Crippen LogP contribution in [0.1, 0.15) is 53.5 Å². The number of hydrogen-bond donors (Lipinski definition) is 3. The van der Waals surface area contributed by atoms with Crippen molar-refractivity contribution >= 4 is 41.1 Å². The Kier molecular flexibility index (Phi) is 8.40. The SMILES string of the molecule is CC(C)(C)OC(=O)NCCC(=O)NCc1ccccc1NC(=O)CN1C(=O)c2ccc([N+](=O)[O-])cc2C1=O. The second kappa shape index (κ2) is 11.5. The molecule has 1 aliphatic rings. The van der Waals surface area contributed by atoms with Gasteiger partial charge in [-0.3, -0.25) is 34.2 Å². The van der Waals surface area contributed by atoms with Crippen molar-refractivity contribution in [1.82, 2.24) is 15.5 Å². The minimum Gasteiger partial charge on any atom is -0.444 e. The molecule has 0 fully saturated rings. The van der Waals surface area contributed by atoms with Gasteiger partial charge in [-0.05, 0) is 38.5 Å². The quantitative estimate of drug-likeness (QED) is 0.254. The van der Waals surface area contributed by atoms with E-state index >= 15 is 0 Å². The number of anilines is 1. The summed E-state index contributed by atoms with van der Waals surface area (Å²) in [6, 6.07) is 9.95. The number of nitrogens with one attached hydrogen (secondary N) is 3. The lowest BCUT2D eigenvalue weighted by Crippen LogP contribution is -2.37. The summed E-state index contributed by atoms with van der Waals surface area (Å²) < 4.78 is 5.10. The first-order valence-corrected chi connectivity index (χ1v) is 11.6. The summed E-state index contributed by atoms with van der Waals surface area (Å²) in [5.41, 5.74) is -0.225. The van der Waals surface area contributed by atoms with E-state index in [2.05, 4.69) is 16.0 Å². The molecule has 0 spiro atoms. The predicted molar refractivity (Wildman–Crippen MR) is 134 cm³/mol. The number of para-hydroxylation sites is 1. The van der Waals surface area contributed by atoms with Gasteiger partial charge >= 0.3 is 6.09 Å². The molecule has 0 bridgehead atoms. The van der Waals surface area contributed by atoms with Crippen LogP contribution in [0, 0.1) is 10.1 Å². The first-order chi connectivity index (χ1) is 17.9. The van der Waals surface area contributed by atoms with Crippen molar-refractivity contribution in [3.05, 3.63) is 69.3 Å². The zero-order valence-corrected chi connectivity index (χ0v) is 21.0. The lowest BCUT2D eigenvalue weighted by molar-refractivity contribution is -0.384. The van der Waals surface area contributed by atoms with E-state index in [-0.39, 0.29) is 42.2 Å². The fourth-order valence-corrected chi connectivity index (χ4v) is 3.54. The Morgan fingerprint density at radius 1 is 0.974 bits per heavy atom. The van der Waals surface area contributed by atoms with Crippen LogP contribution in [0.15, 0.2) is 42.5 Å². The average Bonchev–Trinajstić information content (AvgIpc) is 3.06. The molecule has 0 aromatic heterocycles. The monoisotopic (exact) mass is 525 g/mol. The number of nitro groups is 1. The number of amides is 5. The molecule has 0 aliphatic carbocycles. The molecule has 0 saturated heterocycles. The third-order valence-corrected chi connectivity index (χ3v) is 5.25. The molecule has 0 atom stereocenters. The van der Waals surface area contributed by atoms with Crippen LogP contribution in [0.25, 0.3) is 0 Å². The highest BCUT2D eigenvalue weighted by molar-refractivity contribution is 6.23. The van der Waals surface area contributed by atoms with Crippen molar-refractivity contribution < 1.29 is 33.6 Å². The minimum absolute atomic E-state index is 0.00563. The molecule has 0 unspecified atom stereocenters. The number of ether oxygens (including phenoxy) is 1. The molecule has 200 valence electrons. The molecule has 0 saturated carbocycles. The molecule has 3 rings (SSSR count). The fraction of sp³-hybridized carbons (Fsp3) is 0.320. The third-order valence-electron chi connectivity index (χ3n) is 5.25. The van der Waals surface area contributed by atoms with Crippen molar-refractivity contribution in [3.8, 4) is 0 Å². The van der Waals surface area contributed by atoms with Crippen molar-refractivity contribution in [3.63, 3.8) is 0 Å². The maximum absolute atomic E-state index is 12.7. The van der Waals surface area contributed by atoms with Crippen LogP contribution in [0.3, 0.4) is 0 Å². The van der Waals surface area contributed by atoms with E-state index in [9.17, 15) is 34.1 Å². The molecule has 3 N–H and O–H groups in total. The van der Waals surface area contributed by atoms with E-state index in [4.69, 9.17) is 4.74 Å². The molecule has 38 heavy (non-hydrogen) atoms. The van der Waals surface area contributed by atoms with Crippen LogP contribution in [0.5, 0.6) is 0 Å². The maximum Gasteiger partial charge on any atom is 0.407 e. The van der Waals surface area contributed by atoms with Gasteiger partial charge in [0.1, 0.15) is 12.1 Å². The highest BCUT2D eigenvalue weighted by Crippen LogP contribution is 2.27. The van der Waals surface area contributed by atoms with Gasteiger partial charge in [0.2, 0.25) is 11.8 Å². The number of alkyl carbamates (subject to hydrolysis) is 1. The molecular formula is C25H27N5O8. The van der Waals surface area contributed by atoms with Crippen molar-refractivity contribution in [1.29, 1.82) is 0 Å². The topological polar surface area (TPSA) is 177 Å². The zero-order valence-electron chi connectivity index (χ0n) is 21.0. The van der Waals surface area contributed by atoms with E-state index in [1.807, 2.05) is 0 Å². The summed E-state index contributed by atoms with van der Waals surface area (Å²) in [6.45, 7) is 4.72. The fourth-order valence-electron chi connectivity index (χ4n) is 3.54. The standard InChI is InChI=1S/C25H27N5O8/c1-25(2,3)38-24(35)26-11-10-20(31)27-13-15-6-4-5-7-19(15)28-21(32)14-29-22(33)17-9-8-16(30(36)37)12-18(17)23(29)34/h4-9,12H,10-11,13-14H2,1-3H3,(H,26,35)(H,27,31)(H,28,32). The van der Waals surface area contributed by atoms with Gasteiger partial charge in [0.25, 0.3) is 17.5 Å². The Morgan fingerprint density at radius 3 is 2.34 bits per heavy atom. The summed E-state index contributed by atoms with van der Waals surface area (Å²) in [7, 11) is 0. The molecule has 0 radical (unpaired) electrons. The summed E-state index contributed by atoms with van der Waals surface area (Å²) >= 11 is 0. The molecule has 2 aromatic carbocycles. The van der Waals surface area contributed by atoms with Crippen LogP contribution in [0.2, 0.25) is 0 Å². The second-order valence-corrected chi connectivity index (χ2v) is 9.34. The Bertz CT molecular complexity index is 1300. The average molecular weight is 526 g/mol. The van der Waals surface area contributed by atoms with E-state index in [0.29, 0.717) is 16.2 Å². The Labute approximate surface area is 217 Å². The molecular weight excluding hydrogens is 498 g/mol. The lowest BCUT2D eigenvalue weighted by Gasteiger charge is -2.19. The second-order valence-electron chi connectivity index (χ2n) is 9.34. The molecule has 1 aliphatic heterocycles.